The number of carbonyl (C=O) groups excluding carboxylic acids is 2. The van der Waals surface area contributed by atoms with E-state index in [0.29, 0.717) is 6.54 Å². The van der Waals surface area contributed by atoms with Crippen LogP contribution in [0.4, 0.5) is 16.2 Å². The molecule has 1 heterocycles. The van der Waals surface area contributed by atoms with Gasteiger partial charge in [-0.2, -0.15) is 0 Å². The molecule has 5 heteroatoms. The molecule has 0 saturated heterocycles. The van der Waals surface area contributed by atoms with Crippen LogP contribution in [0.2, 0.25) is 0 Å². The third kappa shape index (κ3) is 4.67. The highest BCUT2D eigenvalue weighted by molar-refractivity contribution is 6.00. The fraction of sp³-hybridized carbons (Fsp3) is 0.364. The van der Waals surface area contributed by atoms with Crippen LogP contribution < -0.4 is 15.5 Å². The van der Waals surface area contributed by atoms with E-state index in [1.54, 1.807) is 4.90 Å². The minimum absolute atomic E-state index is 0.0279. The first-order chi connectivity index (χ1) is 13.1. The topological polar surface area (TPSA) is 61.4 Å². The Balaban J connectivity index is 1.74. The van der Waals surface area contributed by atoms with Crippen molar-refractivity contribution in [2.24, 2.45) is 5.92 Å². The normalized spacial score (nSPS) is 14.9. The first-order valence-electron chi connectivity index (χ1n) is 9.58. The van der Waals surface area contributed by atoms with Gasteiger partial charge in [-0.15, -0.1) is 0 Å². The second-order valence-electron chi connectivity index (χ2n) is 7.26. The zero-order valence-electron chi connectivity index (χ0n) is 15.9. The van der Waals surface area contributed by atoms with E-state index >= 15 is 0 Å². The molecule has 0 saturated carbocycles. The molecule has 3 amide bonds. The monoisotopic (exact) mass is 365 g/mol. The predicted octanol–water partition coefficient (Wildman–Crippen LogP) is 4.20. The summed E-state index contributed by atoms with van der Waals surface area (Å²) in [5.41, 5.74) is 2.85. The van der Waals surface area contributed by atoms with Crippen molar-refractivity contribution in [3.05, 3.63) is 60.2 Å². The Hall–Kier alpha value is -2.82. The Morgan fingerprint density at radius 3 is 2.41 bits per heavy atom. The summed E-state index contributed by atoms with van der Waals surface area (Å²) in [7, 11) is 0. The quantitative estimate of drug-likeness (QED) is 0.853. The number of amides is 3. The van der Waals surface area contributed by atoms with Crippen LogP contribution in [0.5, 0.6) is 0 Å². The average molecular weight is 365 g/mol. The molecule has 2 N–H and O–H groups in total. The van der Waals surface area contributed by atoms with Crippen molar-refractivity contribution in [3.63, 3.8) is 0 Å². The van der Waals surface area contributed by atoms with E-state index in [1.165, 1.54) is 5.56 Å². The molecule has 0 aromatic heterocycles. The lowest BCUT2D eigenvalue weighted by molar-refractivity contribution is -0.118. The van der Waals surface area contributed by atoms with Crippen LogP contribution in [0.25, 0.3) is 0 Å². The van der Waals surface area contributed by atoms with E-state index in [9.17, 15) is 9.59 Å². The van der Waals surface area contributed by atoms with Gasteiger partial charge in [0.15, 0.2) is 0 Å². The Morgan fingerprint density at radius 2 is 1.67 bits per heavy atom. The number of nitrogens with zero attached hydrogens (tertiary/aromatic N) is 1. The van der Waals surface area contributed by atoms with Crippen molar-refractivity contribution in [1.29, 1.82) is 0 Å². The molecule has 2 aromatic rings. The van der Waals surface area contributed by atoms with Crippen LogP contribution in [0.3, 0.4) is 0 Å². The Morgan fingerprint density at radius 1 is 0.963 bits per heavy atom. The summed E-state index contributed by atoms with van der Waals surface area (Å²) in [6.45, 7) is 4.53. The van der Waals surface area contributed by atoms with E-state index < -0.39 is 6.04 Å². The molecule has 0 bridgehead atoms. The fourth-order valence-corrected chi connectivity index (χ4v) is 3.39. The maximum Gasteiger partial charge on any atom is 0.322 e. The molecule has 0 fully saturated rings. The van der Waals surface area contributed by atoms with Crippen molar-refractivity contribution >= 4 is 23.3 Å². The third-order valence-corrected chi connectivity index (χ3v) is 4.87. The summed E-state index contributed by atoms with van der Waals surface area (Å²) < 4.78 is 0. The summed E-state index contributed by atoms with van der Waals surface area (Å²) >= 11 is 0. The molecule has 142 valence electrons. The molecular weight excluding hydrogens is 338 g/mol. The predicted molar refractivity (Wildman–Crippen MR) is 109 cm³/mol. The second kappa shape index (κ2) is 8.71. The number of carbonyl (C=O) groups is 2. The van der Waals surface area contributed by atoms with Gasteiger partial charge < -0.3 is 10.6 Å². The SMILES string of the molecule is CC(C)C(NC(=O)N1CCCCc2ccccc21)C(=O)Nc1ccccc1. The molecule has 1 aliphatic rings. The van der Waals surface area contributed by atoms with Crippen LogP contribution in [0, 0.1) is 5.92 Å². The minimum atomic E-state index is -0.604. The van der Waals surface area contributed by atoms with Gasteiger partial charge in [-0.05, 0) is 48.9 Å². The van der Waals surface area contributed by atoms with Crippen molar-refractivity contribution < 1.29 is 9.59 Å². The van der Waals surface area contributed by atoms with Gasteiger partial charge >= 0.3 is 6.03 Å². The van der Waals surface area contributed by atoms with E-state index in [1.807, 2.05) is 62.4 Å². The van der Waals surface area contributed by atoms with Crippen molar-refractivity contribution in [2.45, 2.75) is 39.2 Å². The van der Waals surface area contributed by atoms with Crippen LogP contribution in [0.1, 0.15) is 32.3 Å². The molecule has 3 rings (SSSR count). The number of rotatable bonds is 4. The second-order valence-corrected chi connectivity index (χ2v) is 7.26. The van der Waals surface area contributed by atoms with E-state index in [2.05, 4.69) is 16.7 Å². The molecule has 1 unspecified atom stereocenters. The van der Waals surface area contributed by atoms with Gasteiger partial charge in [-0.3, -0.25) is 9.69 Å². The van der Waals surface area contributed by atoms with Crippen LogP contribution in [0.15, 0.2) is 54.6 Å². The lowest BCUT2D eigenvalue weighted by Crippen LogP contribution is -2.52. The molecule has 1 aliphatic heterocycles. The first kappa shape index (κ1) is 19.0. The zero-order chi connectivity index (χ0) is 19.2. The standard InChI is InChI=1S/C22H27N3O2/c1-16(2)20(21(26)23-18-12-4-3-5-13-18)24-22(27)25-15-9-8-11-17-10-6-7-14-19(17)25/h3-7,10,12-14,16,20H,8-9,11,15H2,1-2H3,(H,23,26)(H,24,27). The van der Waals surface area contributed by atoms with Crippen LogP contribution in [-0.2, 0) is 11.2 Å². The number of hydrogen-bond acceptors (Lipinski definition) is 2. The molecule has 1 atom stereocenters. The van der Waals surface area contributed by atoms with Gasteiger partial charge in [0.25, 0.3) is 0 Å². The number of para-hydroxylation sites is 2. The smallest absolute Gasteiger partial charge is 0.322 e. The van der Waals surface area contributed by atoms with Gasteiger partial charge in [0.1, 0.15) is 6.04 Å². The van der Waals surface area contributed by atoms with Gasteiger partial charge in [0.2, 0.25) is 5.91 Å². The number of anilines is 2. The Labute approximate surface area is 160 Å². The molecular formula is C22H27N3O2. The molecule has 2 aromatic carbocycles. The summed E-state index contributed by atoms with van der Waals surface area (Å²) in [4.78, 5) is 27.5. The number of benzene rings is 2. The van der Waals surface area contributed by atoms with Gasteiger partial charge in [0, 0.05) is 17.9 Å². The number of urea groups is 1. The average Bonchev–Trinajstić information content (AvgIpc) is 2.89. The number of fused-ring (bicyclic) bond motifs is 1. The van der Waals surface area contributed by atoms with Crippen LogP contribution in [-0.4, -0.2) is 24.5 Å². The lowest BCUT2D eigenvalue weighted by Gasteiger charge is -2.28. The summed E-state index contributed by atoms with van der Waals surface area (Å²) in [6, 6.07) is 16.5. The summed E-state index contributed by atoms with van der Waals surface area (Å²) in [6.07, 6.45) is 2.98. The molecule has 0 spiro atoms. The third-order valence-electron chi connectivity index (χ3n) is 4.87. The molecule has 0 radical (unpaired) electrons. The molecule has 0 aliphatic carbocycles. The van der Waals surface area contributed by atoms with Crippen molar-refractivity contribution in [3.8, 4) is 0 Å². The summed E-state index contributed by atoms with van der Waals surface area (Å²) in [5.74, 6) is -0.229. The van der Waals surface area contributed by atoms with Gasteiger partial charge in [0.05, 0.1) is 0 Å². The number of hydrogen-bond donors (Lipinski definition) is 2. The number of aryl methyl sites for hydroxylation is 1. The minimum Gasteiger partial charge on any atom is -0.326 e. The first-order valence-corrected chi connectivity index (χ1v) is 9.58. The largest absolute Gasteiger partial charge is 0.326 e. The number of nitrogens with one attached hydrogen (secondary N) is 2. The highest BCUT2D eigenvalue weighted by Gasteiger charge is 2.28. The van der Waals surface area contributed by atoms with Gasteiger partial charge in [-0.1, -0.05) is 50.2 Å². The summed E-state index contributed by atoms with van der Waals surface area (Å²) in [5, 5.41) is 5.84. The highest BCUT2D eigenvalue weighted by Crippen LogP contribution is 2.26. The Kier molecular flexibility index (Phi) is 6.12. The fourth-order valence-electron chi connectivity index (χ4n) is 3.39. The highest BCUT2D eigenvalue weighted by atomic mass is 16.2. The molecule has 5 nitrogen and oxygen atoms in total. The van der Waals surface area contributed by atoms with E-state index in [-0.39, 0.29) is 17.9 Å². The van der Waals surface area contributed by atoms with Gasteiger partial charge in [-0.25, -0.2) is 4.79 Å². The van der Waals surface area contributed by atoms with E-state index in [0.717, 1.165) is 30.6 Å². The van der Waals surface area contributed by atoms with Crippen molar-refractivity contribution in [1.82, 2.24) is 5.32 Å². The maximum absolute atomic E-state index is 13.0. The van der Waals surface area contributed by atoms with Crippen molar-refractivity contribution in [2.75, 3.05) is 16.8 Å². The molecule has 27 heavy (non-hydrogen) atoms. The Bertz CT molecular complexity index is 789. The van der Waals surface area contributed by atoms with Crippen LogP contribution >= 0.6 is 0 Å². The maximum atomic E-state index is 13.0. The van der Waals surface area contributed by atoms with E-state index in [4.69, 9.17) is 0 Å². The zero-order valence-corrected chi connectivity index (χ0v) is 15.9. The lowest BCUT2D eigenvalue weighted by atomic mass is 10.0.